The summed E-state index contributed by atoms with van der Waals surface area (Å²) in [6, 6.07) is 3.76. The quantitative estimate of drug-likeness (QED) is 0.862. The van der Waals surface area contributed by atoms with E-state index in [1.54, 1.807) is 12.4 Å². The van der Waals surface area contributed by atoms with Crippen LogP contribution < -0.4 is 0 Å². The Morgan fingerprint density at radius 2 is 2.28 bits per heavy atom. The van der Waals surface area contributed by atoms with Gasteiger partial charge in [-0.25, -0.2) is 4.98 Å². The third-order valence-electron chi connectivity index (χ3n) is 3.43. The van der Waals surface area contributed by atoms with Crippen LogP contribution in [-0.4, -0.2) is 26.0 Å². The highest BCUT2D eigenvalue weighted by molar-refractivity contribution is 5.84. The number of hydrogen-bond acceptors (Lipinski definition) is 3. The van der Waals surface area contributed by atoms with Crippen molar-refractivity contribution in [2.75, 3.05) is 0 Å². The van der Waals surface area contributed by atoms with Crippen molar-refractivity contribution in [1.82, 2.24) is 15.0 Å². The predicted molar refractivity (Wildman–Crippen MR) is 65.1 cm³/mol. The molecule has 0 saturated heterocycles. The molecule has 2 heterocycles. The van der Waals surface area contributed by atoms with E-state index in [0.29, 0.717) is 18.7 Å². The lowest BCUT2D eigenvalue weighted by atomic mass is 10.1. The maximum atomic E-state index is 11.3. The number of H-pyrrole nitrogens is 1. The van der Waals surface area contributed by atoms with Crippen molar-refractivity contribution in [2.24, 2.45) is 0 Å². The zero-order chi connectivity index (χ0) is 12.8. The van der Waals surface area contributed by atoms with Crippen molar-refractivity contribution in [3.63, 3.8) is 0 Å². The Bertz CT molecular complexity index is 600. The fraction of sp³-hybridized carbons (Fsp3) is 0.308. The van der Waals surface area contributed by atoms with Gasteiger partial charge in [-0.05, 0) is 31.9 Å². The Labute approximate surface area is 104 Å². The highest BCUT2D eigenvalue weighted by Crippen LogP contribution is 2.47. The summed E-state index contributed by atoms with van der Waals surface area (Å²) < 4.78 is 0. The minimum absolute atomic E-state index is 0.561. The Morgan fingerprint density at radius 3 is 2.83 bits per heavy atom. The van der Waals surface area contributed by atoms with Crippen LogP contribution in [0, 0.1) is 6.92 Å². The van der Waals surface area contributed by atoms with Crippen LogP contribution in [0.5, 0.6) is 0 Å². The normalized spacial score (nSPS) is 16.5. The number of aliphatic carboxylic acids is 1. The van der Waals surface area contributed by atoms with E-state index in [4.69, 9.17) is 0 Å². The summed E-state index contributed by atoms with van der Waals surface area (Å²) in [5, 5.41) is 9.26. The molecule has 1 aliphatic carbocycles. The third-order valence-corrected chi connectivity index (χ3v) is 3.43. The molecule has 2 aromatic heterocycles. The molecule has 2 N–H and O–H groups in total. The maximum absolute atomic E-state index is 11.3. The Morgan fingerprint density at radius 1 is 1.50 bits per heavy atom. The van der Waals surface area contributed by atoms with E-state index in [9.17, 15) is 9.90 Å². The molecule has 1 fully saturated rings. The van der Waals surface area contributed by atoms with Gasteiger partial charge < -0.3 is 10.1 Å². The number of aromatic nitrogens is 3. The molecular formula is C13H13N3O2. The molecule has 2 aromatic rings. The molecule has 1 aliphatic rings. The lowest BCUT2D eigenvalue weighted by Gasteiger charge is -2.04. The first-order chi connectivity index (χ1) is 8.63. The minimum atomic E-state index is -0.797. The van der Waals surface area contributed by atoms with Crippen molar-refractivity contribution >= 4 is 5.97 Å². The number of imidazole rings is 1. The lowest BCUT2D eigenvalue weighted by molar-refractivity contribution is -0.140. The van der Waals surface area contributed by atoms with Crippen molar-refractivity contribution in [3.8, 4) is 11.3 Å². The number of carbonyl (C=O) groups is 1. The van der Waals surface area contributed by atoms with Gasteiger partial charge in [0.25, 0.3) is 0 Å². The zero-order valence-electron chi connectivity index (χ0n) is 9.97. The molecule has 0 spiro atoms. The summed E-state index contributed by atoms with van der Waals surface area (Å²) in [4.78, 5) is 22.9. The molecule has 5 nitrogen and oxygen atoms in total. The van der Waals surface area contributed by atoms with Crippen LogP contribution in [0.1, 0.15) is 24.4 Å². The molecule has 0 radical (unpaired) electrons. The van der Waals surface area contributed by atoms with Gasteiger partial charge in [0.15, 0.2) is 0 Å². The standard InChI is InChI=1S/C13H13N3O2/c1-8-10(9-3-2-6-14-7-9)16-11(15-8)13(4-5-13)12(17)18/h2-3,6-7H,4-5H2,1H3,(H,15,16)(H,17,18). The zero-order valence-corrected chi connectivity index (χ0v) is 9.97. The number of aryl methyl sites for hydroxylation is 1. The maximum Gasteiger partial charge on any atom is 0.317 e. The Balaban J connectivity index is 2.05. The van der Waals surface area contributed by atoms with Crippen LogP contribution in [0.25, 0.3) is 11.3 Å². The van der Waals surface area contributed by atoms with Crippen LogP contribution in [0.4, 0.5) is 0 Å². The van der Waals surface area contributed by atoms with Gasteiger partial charge in [-0.15, -0.1) is 0 Å². The second-order valence-electron chi connectivity index (χ2n) is 4.69. The number of pyridine rings is 1. The number of carboxylic acids is 1. The molecule has 92 valence electrons. The summed E-state index contributed by atoms with van der Waals surface area (Å²) in [5.41, 5.74) is 1.78. The van der Waals surface area contributed by atoms with Gasteiger partial charge >= 0.3 is 5.97 Å². The van der Waals surface area contributed by atoms with Gasteiger partial charge in [0, 0.05) is 23.7 Å². The van der Waals surface area contributed by atoms with E-state index in [2.05, 4.69) is 15.0 Å². The number of hydrogen-bond donors (Lipinski definition) is 2. The number of nitrogens with zero attached hydrogens (tertiary/aromatic N) is 2. The van der Waals surface area contributed by atoms with Crippen LogP contribution in [-0.2, 0) is 10.2 Å². The molecule has 0 atom stereocenters. The van der Waals surface area contributed by atoms with E-state index in [0.717, 1.165) is 17.0 Å². The summed E-state index contributed by atoms with van der Waals surface area (Å²) >= 11 is 0. The molecule has 5 heteroatoms. The van der Waals surface area contributed by atoms with Gasteiger partial charge in [-0.1, -0.05) is 0 Å². The average Bonchev–Trinajstić information content (AvgIpc) is 3.09. The van der Waals surface area contributed by atoms with Crippen LogP contribution in [0.15, 0.2) is 24.5 Å². The lowest BCUT2D eigenvalue weighted by Crippen LogP contribution is -2.21. The van der Waals surface area contributed by atoms with Crippen LogP contribution >= 0.6 is 0 Å². The second-order valence-corrected chi connectivity index (χ2v) is 4.69. The smallest absolute Gasteiger partial charge is 0.317 e. The molecule has 18 heavy (non-hydrogen) atoms. The summed E-state index contributed by atoms with van der Waals surface area (Å²) in [6.07, 6.45) is 4.74. The highest BCUT2D eigenvalue weighted by Gasteiger charge is 2.54. The summed E-state index contributed by atoms with van der Waals surface area (Å²) in [6.45, 7) is 1.90. The largest absolute Gasteiger partial charge is 0.480 e. The van der Waals surface area contributed by atoms with Gasteiger partial charge in [-0.3, -0.25) is 9.78 Å². The summed E-state index contributed by atoms with van der Waals surface area (Å²) in [7, 11) is 0. The number of rotatable bonds is 3. The number of nitrogens with one attached hydrogen (secondary N) is 1. The van der Waals surface area contributed by atoms with Gasteiger partial charge in [-0.2, -0.15) is 0 Å². The first-order valence-electron chi connectivity index (χ1n) is 5.84. The van der Waals surface area contributed by atoms with E-state index < -0.39 is 11.4 Å². The molecule has 3 rings (SSSR count). The fourth-order valence-corrected chi connectivity index (χ4v) is 2.15. The minimum Gasteiger partial charge on any atom is -0.480 e. The van der Waals surface area contributed by atoms with E-state index in [1.165, 1.54) is 0 Å². The molecule has 0 bridgehead atoms. The molecular weight excluding hydrogens is 230 g/mol. The van der Waals surface area contributed by atoms with E-state index in [1.807, 2.05) is 19.1 Å². The van der Waals surface area contributed by atoms with Crippen molar-refractivity contribution in [3.05, 3.63) is 36.0 Å². The Hall–Kier alpha value is -2.17. The molecule has 0 aliphatic heterocycles. The summed E-state index contributed by atoms with van der Waals surface area (Å²) in [5.74, 6) is -0.236. The van der Waals surface area contributed by atoms with Crippen molar-refractivity contribution < 1.29 is 9.90 Å². The second kappa shape index (κ2) is 3.66. The monoisotopic (exact) mass is 243 g/mol. The van der Waals surface area contributed by atoms with E-state index >= 15 is 0 Å². The fourth-order valence-electron chi connectivity index (χ4n) is 2.15. The first-order valence-corrected chi connectivity index (χ1v) is 5.84. The number of carboxylic acid groups (broad SMARTS) is 1. The SMILES string of the molecule is Cc1[nH]c(C2(C(=O)O)CC2)nc1-c1cccnc1. The van der Waals surface area contributed by atoms with Crippen LogP contribution in [0.2, 0.25) is 0 Å². The van der Waals surface area contributed by atoms with Crippen LogP contribution in [0.3, 0.4) is 0 Å². The van der Waals surface area contributed by atoms with Gasteiger partial charge in [0.05, 0.1) is 5.69 Å². The Kier molecular flexibility index (Phi) is 2.23. The number of aromatic amines is 1. The third kappa shape index (κ3) is 1.51. The topological polar surface area (TPSA) is 78.9 Å². The first kappa shape index (κ1) is 11.0. The average molecular weight is 243 g/mol. The van der Waals surface area contributed by atoms with Gasteiger partial charge in [0.1, 0.15) is 11.2 Å². The predicted octanol–water partition coefficient (Wildman–Crippen LogP) is 1.90. The highest BCUT2D eigenvalue weighted by atomic mass is 16.4. The van der Waals surface area contributed by atoms with E-state index in [-0.39, 0.29) is 0 Å². The van der Waals surface area contributed by atoms with Crippen molar-refractivity contribution in [1.29, 1.82) is 0 Å². The van der Waals surface area contributed by atoms with Gasteiger partial charge in [0.2, 0.25) is 0 Å². The molecule has 0 unspecified atom stereocenters. The molecule has 0 amide bonds. The molecule has 1 saturated carbocycles. The molecule has 0 aromatic carbocycles. The van der Waals surface area contributed by atoms with Crippen molar-refractivity contribution in [2.45, 2.75) is 25.2 Å².